The van der Waals surface area contributed by atoms with Crippen LogP contribution in [0.2, 0.25) is 0 Å². The highest BCUT2D eigenvalue weighted by Gasteiger charge is 2.34. The molecule has 1 unspecified atom stereocenters. The first-order valence-electron chi connectivity index (χ1n) is 8.89. The molecule has 7 heteroatoms. The monoisotopic (exact) mass is 379 g/mol. The van der Waals surface area contributed by atoms with Crippen molar-refractivity contribution in [3.05, 3.63) is 75.1 Å². The number of phenolic OH excluding ortho intramolecular Hbond substituents is 1. The van der Waals surface area contributed by atoms with Crippen LogP contribution < -0.4 is 0 Å². The van der Waals surface area contributed by atoms with Crippen molar-refractivity contribution >= 4 is 16.8 Å². The Morgan fingerprint density at radius 2 is 2.00 bits per heavy atom. The van der Waals surface area contributed by atoms with E-state index in [9.17, 15) is 19.2 Å². The van der Waals surface area contributed by atoms with E-state index in [1.165, 1.54) is 17.0 Å². The molecule has 0 saturated carbocycles. The van der Waals surface area contributed by atoms with Crippen LogP contribution >= 0.6 is 0 Å². The van der Waals surface area contributed by atoms with Crippen molar-refractivity contribution < 1.29 is 14.3 Å². The third-order valence-corrected chi connectivity index (χ3v) is 5.18. The summed E-state index contributed by atoms with van der Waals surface area (Å²) in [6, 6.07) is 7.35. The average Bonchev–Trinajstić information content (AvgIpc) is 2.98. The van der Waals surface area contributed by atoms with Crippen LogP contribution in [0.5, 0.6) is 5.75 Å². The van der Waals surface area contributed by atoms with Crippen LogP contribution in [0, 0.1) is 10.7 Å². The summed E-state index contributed by atoms with van der Waals surface area (Å²) in [5.74, 6) is -0.775. The van der Waals surface area contributed by atoms with Crippen molar-refractivity contribution in [2.24, 2.45) is 5.18 Å². The molecule has 2 heterocycles. The number of hydrogen-bond acceptors (Lipinski definition) is 5. The van der Waals surface area contributed by atoms with Gasteiger partial charge in [-0.15, -0.1) is 0 Å². The molecule has 1 atom stereocenters. The van der Waals surface area contributed by atoms with Gasteiger partial charge >= 0.3 is 0 Å². The van der Waals surface area contributed by atoms with Gasteiger partial charge in [-0.25, -0.2) is 4.39 Å². The molecule has 1 amide bonds. The summed E-state index contributed by atoms with van der Waals surface area (Å²) in [5, 5.41) is 14.4. The lowest BCUT2D eigenvalue weighted by Gasteiger charge is -2.15. The molecule has 1 aliphatic rings. The maximum atomic E-state index is 13.1. The van der Waals surface area contributed by atoms with Crippen LogP contribution in [-0.4, -0.2) is 27.9 Å². The van der Waals surface area contributed by atoms with E-state index in [0.29, 0.717) is 29.5 Å². The minimum Gasteiger partial charge on any atom is -0.505 e. The van der Waals surface area contributed by atoms with Crippen molar-refractivity contribution in [2.45, 2.75) is 25.9 Å². The predicted octanol–water partition coefficient (Wildman–Crippen LogP) is 4.08. The maximum Gasteiger partial charge on any atom is 0.258 e. The number of hydrogen-bond donors (Lipinski definition) is 1. The molecular weight excluding hydrogens is 361 g/mol. The van der Waals surface area contributed by atoms with Gasteiger partial charge in [0.15, 0.2) is 5.75 Å². The van der Waals surface area contributed by atoms with Crippen molar-refractivity contribution in [1.29, 1.82) is 0 Å². The maximum absolute atomic E-state index is 13.1. The van der Waals surface area contributed by atoms with Crippen LogP contribution in [0.1, 0.15) is 45.6 Å². The molecule has 1 N–H and O–H groups in total. The van der Waals surface area contributed by atoms with Crippen LogP contribution in [0.3, 0.4) is 0 Å². The van der Waals surface area contributed by atoms with Crippen LogP contribution in [0.15, 0.2) is 41.7 Å². The summed E-state index contributed by atoms with van der Waals surface area (Å²) < 4.78 is 13.1. The van der Waals surface area contributed by atoms with Crippen molar-refractivity contribution in [2.75, 3.05) is 7.05 Å². The van der Waals surface area contributed by atoms with Crippen LogP contribution in [0.4, 0.5) is 4.39 Å². The molecule has 0 bridgehead atoms. The molecule has 2 aromatic carbocycles. The second-order valence-electron chi connectivity index (χ2n) is 7.10. The standard InChI is InChI=1S/C21H18FN3O3/c1-11(24-28)17-15-8-13(7-12-3-5-14(22)6-4-12)9-23-19(15)20(26)18-16(17)10-25(2)21(18)27/h3-6,8-9,11,26H,7,10H2,1-2H3. The first-order valence-corrected chi connectivity index (χ1v) is 8.89. The highest BCUT2D eigenvalue weighted by atomic mass is 19.1. The number of amides is 1. The molecule has 0 fully saturated rings. The molecular formula is C21H18FN3O3. The van der Waals surface area contributed by atoms with Gasteiger partial charge < -0.3 is 10.0 Å². The molecule has 1 aliphatic heterocycles. The fraction of sp³-hybridized carbons (Fsp3) is 0.238. The number of carbonyl (C=O) groups is 1. The van der Waals surface area contributed by atoms with Gasteiger partial charge in [0.1, 0.15) is 17.4 Å². The fourth-order valence-electron chi connectivity index (χ4n) is 3.82. The molecule has 0 radical (unpaired) electrons. The number of nitroso groups, excluding NO2 is 1. The normalized spacial score (nSPS) is 14.4. The van der Waals surface area contributed by atoms with Crippen LogP contribution in [0.25, 0.3) is 10.9 Å². The summed E-state index contributed by atoms with van der Waals surface area (Å²) in [5.41, 5.74) is 3.45. The van der Waals surface area contributed by atoms with Gasteiger partial charge in [0.25, 0.3) is 5.91 Å². The van der Waals surface area contributed by atoms with Gasteiger partial charge in [-0.1, -0.05) is 17.3 Å². The first-order chi connectivity index (χ1) is 13.4. The minimum atomic E-state index is -0.695. The number of benzene rings is 2. The Labute approximate surface area is 160 Å². The van der Waals surface area contributed by atoms with Gasteiger partial charge in [-0.3, -0.25) is 9.78 Å². The Balaban J connectivity index is 1.91. The number of rotatable bonds is 4. The quantitative estimate of drug-likeness (QED) is 0.693. The number of carbonyl (C=O) groups excluding carboxylic acids is 1. The number of pyridine rings is 1. The van der Waals surface area contributed by atoms with Crippen molar-refractivity contribution in [3.63, 3.8) is 0 Å². The Kier molecular flexibility index (Phi) is 4.30. The van der Waals surface area contributed by atoms with Gasteiger partial charge in [0, 0.05) is 25.2 Å². The first kappa shape index (κ1) is 18.0. The van der Waals surface area contributed by atoms with E-state index in [2.05, 4.69) is 10.2 Å². The largest absolute Gasteiger partial charge is 0.505 e. The lowest BCUT2D eigenvalue weighted by molar-refractivity contribution is 0.0814. The predicted molar refractivity (Wildman–Crippen MR) is 103 cm³/mol. The van der Waals surface area contributed by atoms with Crippen molar-refractivity contribution in [3.8, 4) is 5.75 Å². The zero-order chi connectivity index (χ0) is 20.0. The van der Waals surface area contributed by atoms with E-state index in [1.807, 2.05) is 6.07 Å². The summed E-state index contributed by atoms with van der Waals surface area (Å²) >= 11 is 0. The average molecular weight is 379 g/mol. The molecule has 0 aliphatic carbocycles. The molecule has 28 heavy (non-hydrogen) atoms. The smallest absolute Gasteiger partial charge is 0.258 e. The molecule has 1 aromatic heterocycles. The highest BCUT2D eigenvalue weighted by molar-refractivity contribution is 6.07. The van der Waals surface area contributed by atoms with Gasteiger partial charge in [0.2, 0.25) is 0 Å². The zero-order valence-corrected chi connectivity index (χ0v) is 15.4. The van der Waals surface area contributed by atoms with E-state index in [-0.39, 0.29) is 28.6 Å². The Morgan fingerprint density at radius 1 is 1.29 bits per heavy atom. The molecule has 142 valence electrons. The molecule has 4 rings (SSSR count). The number of aromatic nitrogens is 1. The van der Waals surface area contributed by atoms with Crippen molar-refractivity contribution in [1.82, 2.24) is 9.88 Å². The third kappa shape index (κ3) is 2.79. The number of aromatic hydroxyl groups is 1. The zero-order valence-electron chi connectivity index (χ0n) is 15.4. The minimum absolute atomic E-state index is 0.172. The van der Waals surface area contributed by atoms with Crippen LogP contribution in [-0.2, 0) is 13.0 Å². The number of nitrogens with zero attached hydrogens (tertiary/aromatic N) is 3. The Bertz CT molecular complexity index is 1110. The summed E-state index contributed by atoms with van der Waals surface area (Å²) in [7, 11) is 1.64. The van der Waals surface area contributed by atoms with E-state index >= 15 is 0 Å². The molecule has 0 saturated heterocycles. The number of phenols is 1. The van der Waals surface area contributed by atoms with Gasteiger partial charge in [-0.2, -0.15) is 4.91 Å². The van der Waals surface area contributed by atoms with E-state index in [1.54, 1.807) is 32.3 Å². The lowest BCUT2D eigenvalue weighted by Crippen LogP contribution is -2.17. The molecule has 3 aromatic rings. The Morgan fingerprint density at radius 3 is 2.68 bits per heavy atom. The second-order valence-corrected chi connectivity index (χ2v) is 7.10. The molecule has 6 nitrogen and oxygen atoms in total. The summed E-state index contributed by atoms with van der Waals surface area (Å²) in [6.07, 6.45) is 2.13. The van der Waals surface area contributed by atoms with Gasteiger partial charge in [0.05, 0.1) is 5.56 Å². The third-order valence-electron chi connectivity index (χ3n) is 5.18. The Hall–Kier alpha value is -3.35. The van der Waals surface area contributed by atoms with Gasteiger partial charge in [-0.05, 0) is 53.8 Å². The summed E-state index contributed by atoms with van der Waals surface area (Å²) in [4.78, 5) is 29.7. The topological polar surface area (TPSA) is 82.9 Å². The number of halogens is 1. The van der Waals surface area contributed by atoms with E-state index in [4.69, 9.17) is 0 Å². The number of fused-ring (bicyclic) bond motifs is 2. The SMILES string of the molecule is CC(N=O)c1c2c(c(O)c3ncc(Cc4ccc(F)cc4)cc13)C(=O)N(C)C2. The second kappa shape index (κ2) is 6.67. The van der Waals surface area contributed by atoms with E-state index in [0.717, 1.165) is 11.1 Å². The van der Waals surface area contributed by atoms with E-state index < -0.39 is 6.04 Å². The molecule has 0 spiro atoms. The fourth-order valence-corrected chi connectivity index (χ4v) is 3.82. The highest BCUT2D eigenvalue weighted by Crippen LogP contribution is 2.42. The summed E-state index contributed by atoms with van der Waals surface area (Å²) in [6.45, 7) is 1.96. The lowest BCUT2D eigenvalue weighted by atomic mass is 9.91.